The van der Waals surface area contributed by atoms with E-state index in [4.69, 9.17) is 4.42 Å². The number of carbonyl (C=O) groups excluding carboxylic acids is 1. The Bertz CT molecular complexity index is 467. The van der Waals surface area contributed by atoms with Crippen molar-refractivity contribution in [2.75, 3.05) is 0 Å². The third-order valence-corrected chi connectivity index (χ3v) is 3.61. The van der Waals surface area contributed by atoms with Crippen LogP contribution in [-0.2, 0) is 0 Å². The summed E-state index contributed by atoms with van der Waals surface area (Å²) in [6.45, 7) is 1.99. The summed E-state index contributed by atoms with van der Waals surface area (Å²) in [6.07, 6.45) is 3.85. The molecule has 4 heteroatoms. The molecule has 0 spiro atoms. The van der Waals surface area contributed by atoms with E-state index in [1.807, 2.05) is 37.3 Å². The number of benzene rings is 1. The Morgan fingerprint density at radius 1 is 1.41 bits per heavy atom. The van der Waals surface area contributed by atoms with Crippen molar-refractivity contribution in [1.82, 2.24) is 4.98 Å². The minimum absolute atomic E-state index is 0.122. The molecule has 1 heterocycles. The Labute approximate surface area is 104 Å². The highest BCUT2D eigenvalue weighted by Gasteiger charge is 2.21. The maximum atomic E-state index is 12.2. The van der Waals surface area contributed by atoms with Crippen molar-refractivity contribution in [1.29, 1.82) is 0 Å². The number of rotatable bonds is 5. The summed E-state index contributed by atoms with van der Waals surface area (Å²) in [5.74, 6) is 0.122. The molecule has 88 valence electrons. The molecule has 17 heavy (non-hydrogen) atoms. The van der Waals surface area contributed by atoms with Crippen LogP contribution in [-0.4, -0.2) is 16.0 Å². The van der Waals surface area contributed by atoms with Gasteiger partial charge in [0.2, 0.25) is 0 Å². The minimum atomic E-state index is -0.143. The monoisotopic (exact) mass is 247 g/mol. The van der Waals surface area contributed by atoms with E-state index in [1.54, 1.807) is 6.20 Å². The Kier molecular flexibility index (Phi) is 3.98. The lowest BCUT2D eigenvalue weighted by Crippen LogP contribution is -2.16. The van der Waals surface area contributed by atoms with Crippen LogP contribution in [0.25, 0.3) is 0 Å². The number of nitrogens with zero attached hydrogens (tertiary/aromatic N) is 1. The van der Waals surface area contributed by atoms with Crippen LogP contribution in [0, 0.1) is 0 Å². The first-order valence-corrected chi connectivity index (χ1v) is 6.34. The second-order valence-electron chi connectivity index (χ2n) is 3.54. The summed E-state index contributed by atoms with van der Waals surface area (Å²) in [4.78, 5) is 16.2. The van der Waals surface area contributed by atoms with Crippen molar-refractivity contribution < 1.29 is 9.21 Å². The molecule has 2 aromatic rings. The molecule has 1 aromatic carbocycles. The molecule has 1 atom stereocenters. The fourth-order valence-corrected chi connectivity index (χ4v) is 2.39. The van der Waals surface area contributed by atoms with E-state index in [9.17, 15) is 4.79 Å². The minimum Gasteiger partial charge on any atom is -0.440 e. The second kappa shape index (κ2) is 5.68. The van der Waals surface area contributed by atoms with Crippen LogP contribution < -0.4 is 0 Å². The van der Waals surface area contributed by atoms with Gasteiger partial charge in [-0.05, 0) is 6.42 Å². The largest absolute Gasteiger partial charge is 0.440 e. The molecule has 1 unspecified atom stereocenters. The Morgan fingerprint density at radius 3 is 2.76 bits per heavy atom. The lowest BCUT2D eigenvalue weighted by molar-refractivity contribution is 0.0987. The molecule has 0 radical (unpaired) electrons. The van der Waals surface area contributed by atoms with Crippen molar-refractivity contribution in [3.05, 3.63) is 48.4 Å². The van der Waals surface area contributed by atoms with Crippen molar-refractivity contribution >= 4 is 17.5 Å². The smallest absolute Gasteiger partial charge is 0.256 e. The van der Waals surface area contributed by atoms with E-state index in [0.717, 1.165) is 12.0 Å². The van der Waals surface area contributed by atoms with Crippen LogP contribution in [0.1, 0.15) is 23.7 Å². The third-order valence-electron chi connectivity index (χ3n) is 2.37. The molecule has 0 aliphatic rings. The average Bonchev–Trinajstić information content (AvgIpc) is 2.89. The summed E-state index contributed by atoms with van der Waals surface area (Å²) in [7, 11) is 0. The van der Waals surface area contributed by atoms with Crippen molar-refractivity contribution in [3.63, 3.8) is 0 Å². The second-order valence-corrected chi connectivity index (χ2v) is 4.70. The van der Waals surface area contributed by atoms with E-state index in [0.29, 0.717) is 5.22 Å². The topological polar surface area (TPSA) is 43.1 Å². The summed E-state index contributed by atoms with van der Waals surface area (Å²) in [6, 6.07) is 9.31. The van der Waals surface area contributed by atoms with E-state index < -0.39 is 0 Å². The summed E-state index contributed by atoms with van der Waals surface area (Å²) >= 11 is 1.37. The van der Waals surface area contributed by atoms with Gasteiger partial charge < -0.3 is 4.42 Å². The van der Waals surface area contributed by atoms with Gasteiger partial charge in [0, 0.05) is 5.56 Å². The number of carbonyl (C=O) groups is 1. The zero-order valence-electron chi connectivity index (χ0n) is 9.50. The van der Waals surface area contributed by atoms with Crippen molar-refractivity contribution in [2.24, 2.45) is 0 Å². The van der Waals surface area contributed by atoms with Crippen molar-refractivity contribution in [2.45, 2.75) is 23.8 Å². The predicted molar refractivity (Wildman–Crippen MR) is 67.2 cm³/mol. The number of ketones is 1. The number of hydrogen-bond donors (Lipinski definition) is 0. The quantitative estimate of drug-likeness (QED) is 0.599. The van der Waals surface area contributed by atoms with Gasteiger partial charge in [-0.15, -0.1) is 0 Å². The molecule has 2 rings (SSSR count). The first kappa shape index (κ1) is 11.9. The SMILES string of the molecule is CCC(Sc1ncco1)C(=O)c1ccccc1. The number of Topliss-reactive ketones (excluding diaryl/α,β-unsaturated/α-hetero) is 1. The summed E-state index contributed by atoms with van der Waals surface area (Å²) in [5.41, 5.74) is 0.735. The molecule has 0 fully saturated rings. The van der Waals surface area contributed by atoms with E-state index in [1.165, 1.54) is 18.0 Å². The molecule has 0 saturated carbocycles. The van der Waals surface area contributed by atoms with Gasteiger partial charge in [0.1, 0.15) is 6.26 Å². The average molecular weight is 247 g/mol. The van der Waals surface area contributed by atoms with Crippen LogP contribution in [0.3, 0.4) is 0 Å². The number of hydrogen-bond acceptors (Lipinski definition) is 4. The Morgan fingerprint density at radius 2 is 2.18 bits per heavy atom. The first-order valence-electron chi connectivity index (χ1n) is 5.46. The van der Waals surface area contributed by atoms with Gasteiger partial charge in [-0.25, -0.2) is 4.98 Å². The fraction of sp³-hybridized carbons (Fsp3) is 0.231. The van der Waals surface area contributed by atoms with Crippen LogP contribution in [0.2, 0.25) is 0 Å². The van der Waals surface area contributed by atoms with E-state index in [-0.39, 0.29) is 11.0 Å². The summed E-state index contributed by atoms with van der Waals surface area (Å²) < 4.78 is 5.15. The number of aromatic nitrogens is 1. The predicted octanol–water partition coefficient (Wildman–Crippen LogP) is 3.43. The molecule has 0 bridgehead atoms. The maximum Gasteiger partial charge on any atom is 0.256 e. The van der Waals surface area contributed by atoms with E-state index >= 15 is 0 Å². The normalized spacial score (nSPS) is 12.3. The lowest BCUT2D eigenvalue weighted by atomic mass is 10.1. The van der Waals surface area contributed by atoms with Crippen LogP contribution in [0.5, 0.6) is 0 Å². The molecule has 0 amide bonds. The molecule has 3 nitrogen and oxygen atoms in total. The zero-order valence-corrected chi connectivity index (χ0v) is 10.3. The zero-order chi connectivity index (χ0) is 12.1. The van der Waals surface area contributed by atoms with Crippen LogP contribution >= 0.6 is 11.8 Å². The highest BCUT2D eigenvalue weighted by atomic mass is 32.2. The molecule has 1 aromatic heterocycles. The van der Waals surface area contributed by atoms with Gasteiger partial charge in [-0.1, -0.05) is 49.0 Å². The molecule has 0 aliphatic carbocycles. The van der Waals surface area contributed by atoms with Crippen molar-refractivity contribution in [3.8, 4) is 0 Å². The molecular weight excluding hydrogens is 234 g/mol. The van der Waals surface area contributed by atoms with Gasteiger partial charge in [0.15, 0.2) is 5.78 Å². The van der Waals surface area contributed by atoms with Gasteiger partial charge in [0.25, 0.3) is 5.22 Å². The van der Waals surface area contributed by atoms with Gasteiger partial charge in [-0.3, -0.25) is 4.79 Å². The van der Waals surface area contributed by atoms with Gasteiger partial charge >= 0.3 is 0 Å². The Balaban J connectivity index is 2.11. The van der Waals surface area contributed by atoms with Crippen LogP contribution in [0.4, 0.5) is 0 Å². The van der Waals surface area contributed by atoms with Gasteiger partial charge in [-0.2, -0.15) is 0 Å². The standard InChI is InChI=1S/C13H13NO2S/c1-2-11(17-13-14-8-9-16-13)12(15)10-6-4-3-5-7-10/h3-9,11H,2H2,1H3. The Hall–Kier alpha value is -1.55. The molecule has 0 N–H and O–H groups in total. The van der Waals surface area contributed by atoms with Crippen LogP contribution in [0.15, 0.2) is 52.4 Å². The molecule has 0 aliphatic heterocycles. The third kappa shape index (κ3) is 2.97. The van der Waals surface area contributed by atoms with E-state index in [2.05, 4.69) is 4.98 Å². The first-order chi connectivity index (χ1) is 8.31. The molecular formula is C13H13NO2S. The highest BCUT2D eigenvalue weighted by Crippen LogP contribution is 2.26. The number of oxazole rings is 1. The molecule has 0 saturated heterocycles. The van der Waals surface area contributed by atoms with Gasteiger partial charge in [0.05, 0.1) is 11.4 Å². The highest BCUT2D eigenvalue weighted by molar-refractivity contribution is 8.00. The number of thioether (sulfide) groups is 1. The maximum absolute atomic E-state index is 12.2. The summed E-state index contributed by atoms with van der Waals surface area (Å²) in [5, 5.41) is 0.400. The lowest BCUT2D eigenvalue weighted by Gasteiger charge is -2.10. The fourth-order valence-electron chi connectivity index (χ4n) is 1.50.